The molecule has 1 N–H and O–H groups in total. The van der Waals surface area contributed by atoms with E-state index in [0.29, 0.717) is 13.0 Å². The first kappa shape index (κ1) is 25.3. The largest absolute Gasteiger partial charge is 1.00 e. The van der Waals surface area contributed by atoms with Gasteiger partial charge in [-0.25, -0.2) is 0 Å². The number of ether oxygens (including phenoxy) is 1. The van der Waals surface area contributed by atoms with Crippen molar-refractivity contribution in [2.45, 2.75) is 90.4 Å². The average molecular weight is 337 g/mol. The van der Waals surface area contributed by atoms with Gasteiger partial charge >= 0.3 is 41.5 Å². The first-order valence-electron chi connectivity index (χ1n) is 9.08. The van der Waals surface area contributed by atoms with Gasteiger partial charge in [0.2, 0.25) is 0 Å². The number of carbonyl (C=O) groups excluding carboxylic acids is 2. The fourth-order valence-corrected chi connectivity index (χ4v) is 2.39. The van der Waals surface area contributed by atoms with Crippen molar-refractivity contribution in [3.05, 3.63) is 0 Å². The van der Waals surface area contributed by atoms with Crippen LogP contribution in [0.25, 0.3) is 0 Å². The van der Waals surface area contributed by atoms with Crippen LogP contribution in [0.2, 0.25) is 0 Å². The smallest absolute Gasteiger partial charge is 1.00 e. The minimum atomic E-state index is -0.428. The van der Waals surface area contributed by atoms with Crippen molar-refractivity contribution in [1.29, 1.82) is 0 Å². The normalized spacial score (nSPS) is 10.2. The van der Waals surface area contributed by atoms with E-state index in [1.807, 2.05) is 0 Å². The first-order valence-corrected chi connectivity index (χ1v) is 9.08. The van der Waals surface area contributed by atoms with E-state index in [0.717, 1.165) is 12.8 Å². The predicted octanol–water partition coefficient (Wildman–Crippen LogP) is 1.48. The van der Waals surface area contributed by atoms with Crippen LogP contribution < -0.4 is 34.9 Å². The Bertz CT molecular complexity index is 291. The van der Waals surface area contributed by atoms with Crippen LogP contribution in [0.15, 0.2) is 0 Å². The SMILES string of the molecule is CCCCCCCCCCCCCC(=O)OC(=O)CCNC.[H-].[Na+]. The third-order valence-electron chi connectivity index (χ3n) is 3.79. The van der Waals surface area contributed by atoms with Crippen molar-refractivity contribution in [3.63, 3.8) is 0 Å². The summed E-state index contributed by atoms with van der Waals surface area (Å²) in [7, 11) is 1.76. The van der Waals surface area contributed by atoms with E-state index in [4.69, 9.17) is 4.74 Å². The molecule has 23 heavy (non-hydrogen) atoms. The molecule has 132 valence electrons. The summed E-state index contributed by atoms with van der Waals surface area (Å²) in [6.45, 7) is 2.79. The summed E-state index contributed by atoms with van der Waals surface area (Å²) in [5.41, 5.74) is 0. The summed E-state index contributed by atoms with van der Waals surface area (Å²) in [4.78, 5) is 22.6. The number of esters is 2. The van der Waals surface area contributed by atoms with Gasteiger partial charge in [-0.05, 0) is 13.5 Å². The maximum Gasteiger partial charge on any atom is 1.00 e. The van der Waals surface area contributed by atoms with Crippen LogP contribution in [-0.4, -0.2) is 25.5 Å². The van der Waals surface area contributed by atoms with Gasteiger partial charge in [-0.3, -0.25) is 9.59 Å². The molecule has 0 aromatic heterocycles. The Hall–Kier alpha value is 0.1000. The van der Waals surface area contributed by atoms with Gasteiger partial charge in [-0.2, -0.15) is 0 Å². The van der Waals surface area contributed by atoms with Gasteiger partial charge in [0.25, 0.3) is 0 Å². The van der Waals surface area contributed by atoms with Crippen LogP contribution >= 0.6 is 0 Å². The molecule has 0 fully saturated rings. The number of nitrogens with one attached hydrogen (secondary N) is 1. The summed E-state index contributed by atoms with van der Waals surface area (Å²) in [5, 5.41) is 2.85. The second-order valence-corrected chi connectivity index (χ2v) is 5.99. The van der Waals surface area contributed by atoms with Gasteiger partial charge in [0.1, 0.15) is 0 Å². The number of hydrogen-bond donors (Lipinski definition) is 1. The molecule has 0 bridgehead atoms. The monoisotopic (exact) mass is 337 g/mol. The Morgan fingerprint density at radius 2 is 1.22 bits per heavy atom. The molecule has 0 heterocycles. The molecule has 0 aromatic carbocycles. The Morgan fingerprint density at radius 1 is 0.783 bits per heavy atom. The third kappa shape index (κ3) is 20.1. The van der Waals surface area contributed by atoms with Crippen molar-refractivity contribution < 1.29 is 45.3 Å². The molecular weight excluding hydrogens is 301 g/mol. The maximum atomic E-state index is 11.4. The Balaban J connectivity index is -0.00000220. The second-order valence-electron chi connectivity index (χ2n) is 5.99. The predicted molar refractivity (Wildman–Crippen MR) is 91.8 cm³/mol. The summed E-state index contributed by atoms with van der Waals surface area (Å²) < 4.78 is 4.73. The summed E-state index contributed by atoms with van der Waals surface area (Å²) in [6, 6.07) is 0. The van der Waals surface area contributed by atoms with Crippen LogP contribution in [0.3, 0.4) is 0 Å². The molecule has 0 aliphatic heterocycles. The molecule has 4 nitrogen and oxygen atoms in total. The van der Waals surface area contributed by atoms with Gasteiger partial charge in [-0.1, -0.05) is 71.1 Å². The minimum absolute atomic E-state index is 0. The molecule has 0 rings (SSSR count). The van der Waals surface area contributed by atoms with E-state index >= 15 is 0 Å². The van der Waals surface area contributed by atoms with Crippen LogP contribution in [0.4, 0.5) is 0 Å². The second kappa shape index (κ2) is 20.1. The number of unbranched alkanes of at least 4 members (excludes halogenated alkanes) is 10. The molecule has 0 aliphatic rings. The van der Waals surface area contributed by atoms with E-state index in [2.05, 4.69) is 12.2 Å². The van der Waals surface area contributed by atoms with Crippen molar-refractivity contribution in [2.75, 3.05) is 13.6 Å². The summed E-state index contributed by atoms with van der Waals surface area (Å²) >= 11 is 0. The van der Waals surface area contributed by atoms with Crippen LogP contribution in [-0.2, 0) is 14.3 Å². The van der Waals surface area contributed by atoms with Crippen molar-refractivity contribution >= 4 is 11.9 Å². The molecule has 0 unspecified atom stereocenters. The topological polar surface area (TPSA) is 55.4 Å². The van der Waals surface area contributed by atoms with E-state index in [9.17, 15) is 9.59 Å². The van der Waals surface area contributed by atoms with Gasteiger partial charge in [0, 0.05) is 13.0 Å². The van der Waals surface area contributed by atoms with E-state index in [1.54, 1.807) is 7.05 Å². The van der Waals surface area contributed by atoms with E-state index in [1.165, 1.54) is 57.8 Å². The Labute approximate surface area is 166 Å². The fourth-order valence-electron chi connectivity index (χ4n) is 2.39. The zero-order valence-electron chi connectivity index (χ0n) is 16.6. The maximum absolute atomic E-state index is 11.4. The standard InChI is InChI=1S/C18H35NO3.Na.H/c1-3-4-5-6-7-8-9-10-11-12-13-14-17(20)22-18(21)15-16-19-2;;/h19H,3-16H2,1-2H3;;/q;+1;-1. The molecule has 0 aliphatic carbocycles. The molecule has 0 amide bonds. The molecule has 0 saturated carbocycles. The molecule has 0 atom stereocenters. The Kier molecular flexibility index (Phi) is 22.2. The Morgan fingerprint density at radius 3 is 1.70 bits per heavy atom. The quantitative estimate of drug-likeness (QED) is 0.213. The third-order valence-corrected chi connectivity index (χ3v) is 3.79. The van der Waals surface area contributed by atoms with Crippen LogP contribution in [0.1, 0.15) is 91.8 Å². The zero-order valence-corrected chi connectivity index (χ0v) is 17.6. The molecule has 0 aromatic rings. The number of carbonyl (C=O) groups is 2. The van der Waals surface area contributed by atoms with Gasteiger partial charge in [-0.15, -0.1) is 0 Å². The van der Waals surface area contributed by atoms with E-state index in [-0.39, 0.29) is 43.4 Å². The van der Waals surface area contributed by atoms with Crippen LogP contribution in [0.5, 0.6) is 0 Å². The first-order chi connectivity index (χ1) is 10.7. The van der Waals surface area contributed by atoms with E-state index < -0.39 is 5.97 Å². The zero-order chi connectivity index (χ0) is 16.5. The number of hydrogen-bond acceptors (Lipinski definition) is 4. The molecule has 5 heteroatoms. The van der Waals surface area contributed by atoms with Crippen molar-refractivity contribution in [2.24, 2.45) is 0 Å². The minimum Gasteiger partial charge on any atom is -1.00 e. The van der Waals surface area contributed by atoms with Crippen molar-refractivity contribution in [1.82, 2.24) is 5.32 Å². The summed E-state index contributed by atoms with van der Waals surface area (Å²) in [6.07, 6.45) is 14.4. The van der Waals surface area contributed by atoms with Gasteiger partial charge in [0.05, 0.1) is 6.42 Å². The molecule has 0 saturated heterocycles. The van der Waals surface area contributed by atoms with Gasteiger partial charge < -0.3 is 11.5 Å². The van der Waals surface area contributed by atoms with Gasteiger partial charge in [0.15, 0.2) is 0 Å². The molecular formula is C18H36NNaO3. The van der Waals surface area contributed by atoms with Crippen molar-refractivity contribution in [3.8, 4) is 0 Å². The van der Waals surface area contributed by atoms with Crippen LogP contribution in [0, 0.1) is 0 Å². The summed E-state index contributed by atoms with van der Waals surface area (Å²) in [5.74, 6) is -0.806. The molecule has 0 radical (unpaired) electrons. The number of rotatable bonds is 15. The average Bonchev–Trinajstić information content (AvgIpc) is 2.50. The fraction of sp³-hybridized carbons (Fsp3) is 0.889. The molecule has 0 spiro atoms.